The summed E-state index contributed by atoms with van der Waals surface area (Å²) >= 11 is 0. The van der Waals surface area contributed by atoms with Gasteiger partial charge in [-0.3, -0.25) is 14.1 Å². The van der Waals surface area contributed by atoms with Gasteiger partial charge in [-0.15, -0.1) is 0 Å². The first-order valence-corrected chi connectivity index (χ1v) is 32.0. The van der Waals surface area contributed by atoms with Gasteiger partial charge in [0.2, 0.25) is 11.8 Å². The first-order valence-electron chi connectivity index (χ1n) is 30.6. The van der Waals surface area contributed by atoms with E-state index in [0.29, 0.717) is 18.8 Å². The van der Waals surface area contributed by atoms with E-state index in [0.717, 1.165) is 64.7 Å². The maximum Gasteiger partial charge on any atom is 0.397 e. The average molecular weight is 1190 g/mol. The molecule has 0 spiro atoms. The number of carboxylic acids is 1. The molecule has 0 radical (unpaired) electrons. The van der Waals surface area contributed by atoms with Crippen LogP contribution in [0.3, 0.4) is 0 Å². The number of aliphatic hydroxyl groups is 9. The second kappa shape index (κ2) is 41.7. The highest BCUT2D eigenvalue weighted by Crippen LogP contribution is 2.35. The molecule has 0 aromatic rings. The Labute approximate surface area is 482 Å². The van der Waals surface area contributed by atoms with Crippen molar-refractivity contribution >= 4 is 28.2 Å². The molecule has 0 bridgehead atoms. The van der Waals surface area contributed by atoms with Gasteiger partial charge in [-0.2, -0.15) is 8.42 Å². The van der Waals surface area contributed by atoms with Crippen LogP contribution < -0.4 is 10.6 Å². The van der Waals surface area contributed by atoms with Crippen molar-refractivity contribution in [3.63, 3.8) is 0 Å². The van der Waals surface area contributed by atoms with Gasteiger partial charge in [0, 0.05) is 13.3 Å². The third-order valence-electron chi connectivity index (χ3n) is 15.5. The third-order valence-corrected chi connectivity index (χ3v) is 16.0. The van der Waals surface area contributed by atoms with Crippen molar-refractivity contribution in [2.75, 3.05) is 19.8 Å². The van der Waals surface area contributed by atoms with Crippen molar-refractivity contribution in [3.05, 3.63) is 0 Å². The topological polar surface area (TPSA) is 378 Å². The molecule has 2 fully saturated rings. The fourth-order valence-corrected chi connectivity index (χ4v) is 11.1. The number of unbranched alkanes of at least 4 members (excludes halogenated alkanes) is 25. The van der Waals surface area contributed by atoms with Crippen LogP contribution in [0.25, 0.3) is 0 Å². The SMILES string of the molecule is CCCCCCCCCCCCCCCCCCCC[C@@H](O)C(=O)N[C@@H](CO[C@@H]1O[C@H](CO[C@]2(C(=O)O)C[C@H](O)[C@@H](NC(C)=O)[C@H]([C@H](O)[C@@H](CO)OS(=O)(=O)O)O2)[C@@H](O)[C@H](O)[C@H]1O)[C@H](O)[C@H](O)CCCCCCCCCCCC(C)C. The molecule has 2 aliphatic rings. The highest BCUT2D eigenvalue weighted by atomic mass is 32.3. The summed E-state index contributed by atoms with van der Waals surface area (Å²) in [6.45, 7) is 4.64. The predicted octanol–water partition coefficient (Wildman–Crippen LogP) is 4.75. The molecule has 0 aromatic carbocycles. The normalized spacial score (nSPS) is 25.7. The van der Waals surface area contributed by atoms with Gasteiger partial charge in [-0.05, 0) is 18.8 Å². The van der Waals surface area contributed by atoms with E-state index >= 15 is 0 Å². The van der Waals surface area contributed by atoms with Crippen molar-refractivity contribution in [1.82, 2.24) is 10.6 Å². The minimum absolute atomic E-state index is 0.123. The second-order valence-electron chi connectivity index (χ2n) is 23.2. The molecule has 2 heterocycles. The summed E-state index contributed by atoms with van der Waals surface area (Å²) in [5, 5.41) is 114. The van der Waals surface area contributed by atoms with E-state index in [-0.39, 0.29) is 12.8 Å². The number of ether oxygens (including phenoxy) is 4. The molecule has 15 atom stereocenters. The lowest BCUT2D eigenvalue weighted by atomic mass is 9.88. The van der Waals surface area contributed by atoms with Crippen LogP contribution in [0.2, 0.25) is 0 Å². The van der Waals surface area contributed by atoms with Crippen LogP contribution >= 0.6 is 0 Å². The Bertz CT molecular complexity index is 1790. The van der Waals surface area contributed by atoms with Crippen molar-refractivity contribution in [3.8, 4) is 0 Å². The summed E-state index contributed by atoms with van der Waals surface area (Å²) in [6.07, 6.45) is 7.98. The van der Waals surface area contributed by atoms with E-state index in [9.17, 15) is 78.4 Å². The highest BCUT2D eigenvalue weighted by molar-refractivity contribution is 7.80. The molecule has 2 saturated heterocycles. The van der Waals surface area contributed by atoms with Gasteiger partial charge < -0.3 is 80.6 Å². The second-order valence-corrected chi connectivity index (χ2v) is 24.2. The minimum Gasteiger partial charge on any atom is -0.477 e. The van der Waals surface area contributed by atoms with Gasteiger partial charge in [0.25, 0.3) is 5.79 Å². The first kappa shape index (κ1) is 74.9. The van der Waals surface area contributed by atoms with Crippen molar-refractivity contribution < 1.29 is 102 Å². The van der Waals surface area contributed by atoms with Crippen LogP contribution in [-0.4, -0.2) is 193 Å². The number of carbonyl (C=O) groups is 3. The van der Waals surface area contributed by atoms with E-state index in [1.54, 1.807) is 0 Å². The Kier molecular flexibility index (Phi) is 38.6. The smallest absolute Gasteiger partial charge is 0.397 e. The van der Waals surface area contributed by atoms with Gasteiger partial charge in [-0.1, -0.05) is 201 Å². The van der Waals surface area contributed by atoms with Gasteiger partial charge in [0.05, 0.1) is 44.1 Å². The van der Waals surface area contributed by atoms with Crippen LogP contribution in [0.5, 0.6) is 0 Å². The zero-order chi connectivity index (χ0) is 60.4. The molecule has 24 heteroatoms. The molecule has 0 aliphatic carbocycles. The Morgan fingerprint density at radius 1 is 0.679 bits per heavy atom. The molecule has 23 nitrogen and oxygen atoms in total. The van der Waals surface area contributed by atoms with E-state index in [1.165, 1.54) is 109 Å². The van der Waals surface area contributed by atoms with Crippen LogP contribution in [0.15, 0.2) is 0 Å². The van der Waals surface area contributed by atoms with Gasteiger partial charge in [-0.25, -0.2) is 8.98 Å². The molecular formula is C57H108N2O21S. The van der Waals surface area contributed by atoms with Crippen LogP contribution in [-0.2, 0) is 47.9 Å². The summed E-state index contributed by atoms with van der Waals surface area (Å²) in [6, 6.07) is -3.12. The summed E-state index contributed by atoms with van der Waals surface area (Å²) in [4.78, 5) is 38.4. The Hall–Kier alpha value is -2.24. The molecule has 13 N–H and O–H groups in total. The summed E-state index contributed by atoms with van der Waals surface area (Å²) < 4.78 is 59.3. The number of hydrogen-bond acceptors (Lipinski definition) is 19. The van der Waals surface area contributed by atoms with Crippen LogP contribution in [0, 0.1) is 5.92 Å². The maximum atomic E-state index is 13.5. The summed E-state index contributed by atoms with van der Waals surface area (Å²) in [5.41, 5.74) is 0. The molecule has 478 valence electrons. The lowest BCUT2D eigenvalue weighted by Gasteiger charge is -2.47. The molecule has 2 aliphatic heterocycles. The molecule has 0 unspecified atom stereocenters. The molecular weight excluding hydrogens is 1080 g/mol. The first-order chi connectivity index (χ1) is 38.5. The van der Waals surface area contributed by atoms with Crippen molar-refractivity contribution in [2.45, 2.75) is 318 Å². The Balaban J connectivity index is 2.09. The third kappa shape index (κ3) is 30.1. The Morgan fingerprint density at radius 2 is 1.15 bits per heavy atom. The number of rotatable bonds is 48. The fourth-order valence-electron chi connectivity index (χ4n) is 10.6. The van der Waals surface area contributed by atoms with Crippen molar-refractivity contribution in [2.24, 2.45) is 5.92 Å². The average Bonchev–Trinajstić information content (AvgIpc) is 3.59. The Morgan fingerprint density at radius 3 is 1.59 bits per heavy atom. The number of carbonyl (C=O) groups excluding carboxylic acids is 2. The number of carboxylic acid groups (broad SMARTS) is 1. The van der Waals surface area contributed by atoms with E-state index in [1.807, 2.05) is 0 Å². The number of nitrogens with one attached hydrogen (secondary N) is 2. The predicted molar refractivity (Wildman–Crippen MR) is 301 cm³/mol. The van der Waals surface area contributed by atoms with Gasteiger partial charge >= 0.3 is 16.4 Å². The number of hydrogen-bond donors (Lipinski definition) is 13. The van der Waals surface area contributed by atoms with E-state index in [4.69, 9.17) is 18.9 Å². The van der Waals surface area contributed by atoms with E-state index in [2.05, 4.69) is 35.6 Å². The zero-order valence-electron chi connectivity index (χ0n) is 49.1. The van der Waals surface area contributed by atoms with Crippen molar-refractivity contribution in [1.29, 1.82) is 0 Å². The molecule has 2 rings (SSSR count). The lowest BCUT2D eigenvalue weighted by molar-refractivity contribution is -0.339. The number of aliphatic carboxylic acids is 1. The molecule has 81 heavy (non-hydrogen) atoms. The van der Waals surface area contributed by atoms with Crippen LogP contribution in [0.4, 0.5) is 0 Å². The standard InChI is InChI=1S/C57H108N2O21S/c1-5-6-7-8-9-10-11-12-13-14-15-16-17-18-21-25-28-31-34-43(63)54(70)59-41(48(65)42(62)33-30-27-24-22-19-20-23-26-29-32-39(2)3)37-76-55-52(69)51(68)49(66)46(78-55)38-77-57(56(71)72)35-44(64)47(58-40(4)61)53(79-57)50(67)45(36-60)80-81(73,74)75/h39,41-53,55,60,62-69H,5-38H2,1-4H3,(H,58,61)(H,59,70)(H,71,72)(H,73,74,75)/t41-,42+,43+,44-,45+,46+,47+,48-,49+,50+,51-,52+,53+,55+,57+/m0/s1. The highest BCUT2D eigenvalue weighted by Gasteiger charge is 2.57. The zero-order valence-corrected chi connectivity index (χ0v) is 49.9. The maximum absolute atomic E-state index is 13.5. The number of aliphatic hydroxyl groups excluding tert-OH is 9. The molecule has 2 amide bonds. The van der Waals surface area contributed by atoms with Gasteiger partial charge in [0.1, 0.15) is 54.9 Å². The van der Waals surface area contributed by atoms with E-state index < -0.39 is 146 Å². The lowest BCUT2D eigenvalue weighted by Crippen LogP contribution is -2.68. The molecule has 0 saturated carbocycles. The summed E-state index contributed by atoms with van der Waals surface area (Å²) in [7, 11) is -5.35. The fraction of sp³-hybridized carbons (Fsp3) is 0.947. The molecule has 0 aromatic heterocycles. The van der Waals surface area contributed by atoms with Gasteiger partial charge in [0.15, 0.2) is 6.29 Å². The minimum atomic E-state index is -5.35. The summed E-state index contributed by atoms with van der Waals surface area (Å²) in [5.74, 6) is -5.96. The largest absolute Gasteiger partial charge is 0.477 e. The number of amides is 2. The quantitative estimate of drug-likeness (QED) is 0.0289. The monoisotopic (exact) mass is 1190 g/mol. The van der Waals surface area contributed by atoms with Crippen LogP contribution in [0.1, 0.15) is 227 Å².